The molecule has 0 fully saturated rings. The topological polar surface area (TPSA) is 29.5 Å². The van der Waals surface area contributed by atoms with Crippen molar-refractivity contribution in [2.75, 3.05) is 0 Å². The zero-order valence-electron chi connectivity index (χ0n) is 8.75. The number of benzene rings is 2. The summed E-state index contributed by atoms with van der Waals surface area (Å²) in [6, 6.07) is 9.35. The van der Waals surface area contributed by atoms with Crippen LogP contribution in [0.4, 0.5) is 0 Å². The Kier molecular flexibility index (Phi) is 4.75. The molecule has 1 N–H and O–H groups in total. The number of halogens is 4. The van der Waals surface area contributed by atoms with E-state index in [2.05, 4.69) is 63.7 Å². The van der Waals surface area contributed by atoms with Gasteiger partial charge >= 0.3 is 0 Å². The second-order valence-corrected chi connectivity index (χ2v) is 6.52. The molecule has 0 saturated heterocycles. The summed E-state index contributed by atoms with van der Waals surface area (Å²) in [7, 11) is 0. The van der Waals surface area contributed by atoms with Crippen LogP contribution < -0.4 is 4.74 Å². The Labute approximate surface area is 138 Å². The molecule has 2 aromatic carbocycles. The minimum absolute atomic E-state index is 0.0796. The largest absolute Gasteiger partial charge is 0.505 e. The normalized spacial score (nSPS) is 10.4. The van der Waals surface area contributed by atoms with Crippen molar-refractivity contribution in [1.29, 1.82) is 0 Å². The fraction of sp³-hybridized carbons (Fsp3) is 0. The standard InChI is InChI=1S/C12H6Br4O2/c13-7-8(14)11(17)10(16)12(9(7)15)18-6-4-2-1-3-5-6/h1-5,17H. The molecule has 0 atom stereocenters. The van der Waals surface area contributed by atoms with Gasteiger partial charge in [-0.2, -0.15) is 0 Å². The van der Waals surface area contributed by atoms with Crippen LogP contribution >= 0.6 is 63.7 Å². The average Bonchev–Trinajstić information content (AvgIpc) is 2.40. The lowest BCUT2D eigenvalue weighted by atomic mass is 10.3. The van der Waals surface area contributed by atoms with E-state index in [0.717, 1.165) is 0 Å². The molecular weight excluding hydrogens is 496 g/mol. The van der Waals surface area contributed by atoms with Crippen molar-refractivity contribution >= 4 is 63.7 Å². The van der Waals surface area contributed by atoms with Gasteiger partial charge in [0.05, 0.1) is 13.4 Å². The van der Waals surface area contributed by atoms with Crippen molar-refractivity contribution in [2.24, 2.45) is 0 Å². The Bertz CT molecular complexity index is 555. The van der Waals surface area contributed by atoms with Gasteiger partial charge in [0.1, 0.15) is 16.0 Å². The van der Waals surface area contributed by atoms with Crippen LogP contribution in [0, 0.1) is 0 Å². The molecule has 2 aromatic rings. The van der Waals surface area contributed by atoms with Crippen LogP contribution in [-0.4, -0.2) is 5.11 Å². The zero-order valence-corrected chi connectivity index (χ0v) is 15.1. The fourth-order valence-electron chi connectivity index (χ4n) is 1.30. The number of rotatable bonds is 2. The van der Waals surface area contributed by atoms with Crippen LogP contribution in [0.5, 0.6) is 17.2 Å². The SMILES string of the molecule is Oc1c(Br)c(Br)c(Br)c(Oc2ccccc2)c1Br. The van der Waals surface area contributed by atoms with E-state index in [4.69, 9.17) is 4.74 Å². The number of para-hydroxylation sites is 1. The third-order valence-corrected chi connectivity index (χ3v) is 6.28. The highest BCUT2D eigenvalue weighted by molar-refractivity contribution is 9.14. The van der Waals surface area contributed by atoms with Crippen molar-refractivity contribution in [3.63, 3.8) is 0 Å². The Balaban J connectivity index is 2.52. The van der Waals surface area contributed by atoms with E-state index < -0.39 is 0 Å². The smallest absolute Gasteiger partial charge is 0.160 e. The summed E-state index contributed by atoms with van der Waals surface area (Å²) in [5.41, 5.74) is 0. The van der Waals surface area contributed by atoms with Crippen molar-refractivity contribution < 1.29 is 9.84 Å². The molecule has 0 amide bonds. The van der Waals surface area contributed by atoms with E-state index in [1.54, 1.807) is 0 Å². The highest BCUT2D eigenvalue weighted by atomic mass is 79.9. The fourth-order valence-corrected chi connectivity index (χ4v) is 3.81. The summed E-state index contributed by atoms with van der Waals surface area (Å²) in [6.07, 6.45) is 0. The van der Waals surface area contributed by atoms with Gasteiger partial charge in [0.25, 0.3) is 0 Å². The van der Waals surface area contributed by atoms with E-state index in [1.165, 1.54) is 0 Å². The second-order valence-electron chi connectivity index (χ2n) is 3.35. The first-order valence-corrected chi connectivity index (χ1v) is 7.97. The van der Waals surface area contributed by atoms with Crippen LogP contribution in [0.2, 0.25) is 0 Å². The number of aromatic hydroxyl groups is 1. The first kappa shape index (κ1) is 14.4. The van der Waals surface area contributed by atoms with Gasteiger partial charge in [0, 0.05) is 0 Å². The number of hydrogen-bond acceptors (Lipinski definition) is 2. The predicted molar refractivity (Wildman–Crippen MR) is 85.4 cm³/mol. The maximum absolute atomic E-state index is 9.95. The summed E-state index contributed by atoms with van der Waals surface area (Å²) in [6.45, 7) is 0. The van der Waals surface area contributed by atoms with Gasteiger partial charge in [0.15, 0.2) is 5.75 Å². The molecule has 94 valence electrons. The molecule has 0 aliphatic heterocycles. The van der Waals surface area contributed by atoms with Crippen LogP contribution in [0.3, 0.4) is 0 Å². The molecule has 0 aliphatic rings. The van der Waals surface area contributed by atoms with E-state index in [-0.39, 0.29) is 5.75 Å². The molecule has 0 unspecified atom stereocenters. The minimum atomic E-state index is 0.0796. The number of ether oxygens (including phenoxy) is 1. The van der Waals surface area contributed by atoms with Crippen molar-refractivity contribution in [1.82, 2.24) is 0 Å². The second kappa shape index (κ2) is 5.94. The van der Waals surface area contributed by atoms with E-state index in [9.17, 15) is 5.11 Å². The predicted octanol–water partition coefficient (Wildman–Crippen LogP) is 6.23. The maximum atomic E-state index is 9.95. The molecule has 0 aromatic heterocycles. The molecule has 2 rings (SSSR count). The van der Waals surface area contributed by atoms with Gasteiger partial charge in [-0.1, -0.05) is 18.2 Å². The van der Waals surface area contributed by atoms with E-state index in [0.29, 0.717) is 29.4 Å². The molecule has 2 nitrogen and oxygen atoms in total. The lowest BCUT2D eigenvalue weighted by Gasteiger charge is -2.14. The van der Waals surface area contributed by atoms with Gasteiger partial charge in [0.2, 0.25) is 0 Å². The summed E-state index contributed by atoms with van der Waals surface area (Å²) in [5.74, 6) is 1.28. The van der Waals surface area contributed by atoms with Crippen molar-refractivity contribution in [3.8, 4) is 17.2 Å². The molecule has 0 aliphatic carbocycles. The number of phenols is 1. The van der Waals surface area contributed by atoms with E-state index in [1.807, 2.05) is 30.3 Å². The molecule has 6 heteroatoms. The Morgan fingerprint density at radius 1 is 0.778 bits per heavy atom. The van der Waals surface area contributed by atoms with Crippen molar-refractivity contribution in [3.05, 3.63) is 48.2 Å². The quantitative estimate of drug-likeness (QED) is 0.390. The Morgan fingerprint density at radius 2 is 1.39 bits per heavy atom. The number of hydrogen-bond donors (Lipinski definition) is 1. The lowest BCUT2D eigenvalue weighted by molar-refractivity contribution is 0.444. The Morgan fingerprint density at radius 3 is 2.00 bits per heavy atom. The average molecular weight is 502 g/mol. The molecule has 0 bridgehead atoms. The molecule has 0 heterocycles. The maximum Gasteiger partial charge on any atom is 0.160 e. The van der Waals surface area contributed by atoms with Gasteiger partial charge < -0.3 is 9.84 Å². The highest BCUT2D eigenvalue weighted by Crippen LogP contribution is 2.50. The summed E-state index contributed by atoms with van der Waals surface area (Å²) in [4.78, 5) is 0. The van der Waals surface area contributed by atoms with Crippen LogP contribution in [0.15, 0.2) is 48.2 Å². The molecule has 18 heavy (non-hydrogen) atoms. The van der Waals surface area contributed by atoms with Crippen LogP contribution in [0.25, 0.3) is 0 Å². The monoisotopic (exact) mass is 498 g/mol. The first-order valence-electron chi connectivity index (χ1n) is 4.80. The summed E-state index contributed by atoms with van der Waals surface area (Å²) < 4.78 is 8.19. The molecule has 0 radical (unpaired) electrons. The molecular formula is C12H6Br4O2. The van der Waals surface area contributed by atoms with Gasteiger partial charge in [-0.3, -0.25) is 0 Å². The van der Waals surface area contributed by atoms with Crippen molar-refractivity contribution in [2.45, 2.75) is 0 Å². The third-order valence-electron chi connectivity index (χ3n) is 2.16. The lowest BCUT2D eigenvalue weighted by Crippen LogP contribution is -1.89. The van der Waals surface area contributed by atoms with Gasteiger partial charge in [-0.15, -0.1) is 0 Å². The number of phenolic OH excluding ortho intramolecular Hbond substituents is 1. The van der Waals surface area contributed by atoms with Crippen LogP contribution in [0.1, 0.15) is 0 Å². The van der Waals surface area contributed by atoms with E-state index >= 15 is 0 Å². The minimum Gasteiger partial charge on any atom is -0.505 e. The Hall–Kier alpha value is -0.0400. The summed E-state index contributed by atoms with van der Waals surface area (Å²) >= 11 is 13.4. The van der Waals surface area contributed by atoms with Gasteiger partial charge in [-0.25, -0.2) is 0 Å². The molecule has 0 spiro atoms. The third kappa shape index (κ3) is 2.76. The van der Waals surface area contributed by atoms with Gasteiger partial charge in [-0.05, 0) is 75.9 Å². The zero-order chi connectivity index (χ0) is 13.3. The highest BCUT2D eigenvalue weighted by Gasteiger charge is 2.20. The van der Waals surface area contributed by atoms with Crippen LogP contribution in [-0.2, 0) is 0 Å². The summed E-state index contributed by atoms with van der Waals surface area (Å²) in [5, 5.41) is 9.95. The molecule has 0 saturated carbocycles. The first-order chi connectivity index (χ1) is 8.52.